The molecule has 0 unspecified atom stereocenters. The minimum absolute atomic E-state index is 0.0681. The van der Waals surface area contributed by atoms with E-state index in [1.54, 1.807) is 18.2 Å². The molecule has 0 radical (unpaired) electrons. The first-order chi connectivity index (χ1) is 9.53. The molecule has 1 aromatic heterocycles. The summed E-state index contributed by atoms with van der Waals surface area (Å²) in [6, 6.07) is 8.52. The van der Waals surface area contributed by atoms with Crippen molar-refractivity contribution < 1.29 is 8.42 Å². The summed E-state index contributed by atoms with van der Waals surface area (Å²) in [6.45, 7) is 4.21. The van der Waals surface area contributed by atoms with E-state index in [2.05, 4.69) is 28.5 Å². The lowest BCUT2D eigenvalue weighted by Gasteiger charge is -2.10. The van der Waals surface area contributed by atoms with Gasteiger partial charge >= 0.3 is 0 Å². The molecule has 6 heteroatoms. The van der Waals surface area contributed by atoms with Gasteiger partial charge in [-0.3, -0.25) is 0 Å². The van der Waals surface area contributed by atoms with Gasteiger partial charge in [0, 0.05) is 12.4 Å². The molecule has 2 aromatic rings. The predicted octanol–water partition coefficient (Wildman–Crippen LogP) is 2.79. The maximum absolute atomic E-state index is 12.2. The minimum Gasteiger partial charge on any atom is -0.247 e. The molecule has 20 heavy (non-hydrogen) atoms. The second-order valence-corrected chi connectivity index (χ2v) is 6.24. The molecular formula is C14H17N3O2S. The van der Waals surface area contributed by atoms with Crippen LogP contribution in [0.25, 0.3) is 0 Å². The monoisotopic (exact) mass is 291 g/mol. The van der Waals surface area contributed by atoms with E-state index in [-0.39, 0.29) is 10.8 Å². The third kappa shape index (κ3) is 3.33. The average molecular weight is 291 g/mol. The highest BCUT2D eigenvalue weighted by molar-refractivity contribution is 7.92. The molecule has 0 fully saturated rings. The number of nitrogens with one attached hydrogen (secondary N) is 1. The normalized spacial score (nSPS) is 12.9. The van der Waals surface area contributed by atoms with E-state index < -0.39 is 10.0 Å². The lowest BCUT2D eigenvalue weighted by atomic mass is 9.99. The van der Waals surface area contributed by atoms with Crippen molar-refractivity contribution in [2.75, 3.05) is 4.72 Å². The fourth-order valence-corrected chi connectivity index (χ4v) is 2.70. The van der Waals surface area contributed by atoms with Crippen molar-refractivity contribution in [1.82, 2.24) is 9.97 Å². The van der Waals surface area contributed by atoms with Gasteiger partial charge in [0.15, 0.2) is 0 Å². The number of benzene rings is 1. The van der Waals surface area contributed by atoms with E-state index in [4.69, 9.17) is 0 Å². The van der Waals surface area contributed by atoms with Gasteiger partial charge in [0.05, 0.1) is 4.90 Å². The number of hydrogen-bond donors (Lipinski definition) is 1. The van der Waals surface area contributed by atoms with E-state index in [9.17, 15) is 8.42 Å². The summed E-state index contributed by atoms with van der Waals surface area (Å²) in [5, 5.41) is 0. The summed E-state index contributed by atoms with van der Waals surface area (Å²) in [6.07, 6.45) is 3.98. The van der Waals surface area contributed by atoms with Crippen molar-refractivity contribution in [1.29, 1.82) is 0 Å². The van der Waals surface area contributed by atoms with E-state index in [0.29, 0.717) is 5.92 Å². The van der Waals surface area contributed by atoms with E-state index in [1.165, 1.54) is 12.4 Å². The molecular weight excluding hydrogens is 274 g/mol. The van der Waals surface area contributed by atoms with E-state index >= 15 is 0 Å². The zero-order chi connectivity index (χ0) is 14.6. The Labute approximate surface area is 119 Å². The van der Waals surface area contributed by atoms with Crippen molar-refractivity contribution in [2.24, 2.45) is 0 Å². The van der Waals surface area contributed by atoms with Gasteiger partial charge in [-0.15, -0.1) is 0 Å². The zero-order valence-corrected chi connectivity index (χ0v) is 12.3. The molecule has 0 aliphatic rings. The Morgan fingerprint density at radius 2 is 1.75 bits per heavy atom. The predicted molar refractivity (Wildman–Crippen MR) is 78.0 cm³/mol. The van der Waals surface area contributed by atoms with Gasteiger partial charge in [0.25, 0.3) is 10.0 Å². The van der Waals surface area contributed by atoms with Crippen LogP contribution < -0.4 is 4.72 Å². The first-order valence-electron chi connectivity index (χ1n) is 6.42. The van der Waals surface area contributed by atoms with Gasteiger partial charge in [0.1, 0.15) is 0 Å². The topological polar surface area (TPSA) is 72.0 Å². The van der Waals surface area contributed by atoms with Crippen LogP contribution in [0.15, 0.2) is 47.6 Å². The van der Waals surface area contributed by atoms with Crippen molar-refractivity contribution in [3.05, 3.63) is 48.3 Å². The van der Waals surface area contributed by atoms with Crippen LogP contribution in [-0.2, 0) is 10.0 Å². The third-order valence-electron chi connectivity index (χ3n) is 3.16. The highest BCUT2D eigenvalue weighted by atomic mass is 32.2. The number of nitrogens with zero attached hydrogens (tertiary/aromatic N) is 2. The molecule has 0 bridgehead atoms. The number of anilines is 1. The maximum Gasteiger partial charge on any atom is 0.264 e. The second-order valence-electron chi connectivity index (χ2n) is 4.56. The van der Waals surface area contributed by atoms with Crippen molar-refractivity contribution in [3.8, 4) is 0 Å². The summed E-state index contributed by atoms with van der Waals surface area (Å²) in [5.41, 5.74) is 1.13. The molecule has 1 N–H and O–H groups in total. The van der Waals surface area contributed by atoms with Gasteiger partial charge in [0.2, 0.25) is 5.95 Å². The average Bonchev–Trinajstić information content (AvgIpc) is 2.47. The Balaban J connectivity index is 2.22. The Hall–Kier alpha value is -1.95. The smallest absolute Gasteiger partial charge is 0.247 e. The third-order valence-corrected chi connectivity index (χ3v) is 4.51. The summed E-state index contributed by atoms with van der Waals surface area (Å²) in [5.74, 6) is 0.482. The fraction of sp³-hybridized carbons (Fsp3) is 0.286. The second kappa shape index (κ2) is 6.00. The number of rotatable bonds is 5. The summed E-state index contributed by atoms with van der Waals surface area (Å²) < 4.78 is 26.7. The molecule has 0 aliphatic carbocycles. The maximum atomic E-state index is 12.2. The quantitative estimate of drug-likeness (QED) is 0.919. The van der Waals surface area contributed by atoms with Gasteiger partial charge in [-0.2, -0.15) is 0 Å². The Kier molecular flexibility index (Phi) is 4.34. The van der Waals surface area contributed by atoms with Crippen LogP contribution in [0, 0.1) is 0 Å². The molecule has 0 saturated heterocycles. The van der Waals surface area contributed by atoms with Crippen LogP contribution in [0.3, 0.4) is 0 Å². The van der Waals surface area contributed by atoms with Gasteiger partial charge < -0.3 is 0 Å². The summed E-state index contributed by atoms with van der Waals surface area (Å²) >= 11 is 0. The first-order valence-corrected chi connectivity index (χ1v) is 7.91. The Morgan fingerprint density at radius 3 is 2.30 bits per heavy atom. The first kappa shape index (κ1) is 14.5. The SMILES string of the molecule is CC[C@H](C)c1ccc(S(=O)(=O)Nc2ncccn2)cc1. The van der Waals surface area contributed by atoms with Crippen LogP contribution in [0.5, 0.6) is 0 Å². The van der Waals surface area contributed by atoms with Gasteiger partial charge in [-0.1, -0.05) is 26.0 Å². The van der Waals surface area contributed by atoms with Gasteiger partial charge in [-0.25, -0.2) is 23.1 Å². The highest BCUT2D eigenvalue weighted by Crippen LogP contribution is 2.21. The van der Waals surface area contributed by atoms with Crippen molar-refractivity contribution in [2.45, 2.75) is 31.1 Å². The molecule has 1 aromatic carbocycles. The van der Waals surface area contributed by atoms with E-state index in [1.807, 2.05) is 12.1 Å². The lowest BCUT2D eigenvalue weighted by Crippen LogP contribution is -2.14. The minimum atomic E-state index is -3.64. The highest BCUT2D eigenvalue weighted by Gasteiger charge is 2.15. The molecule has 0 spiro atoms. The molecule has 0 saturated carbocycles. The molecule has 1 atom stereocenters. The number of aromatic nitrogens is 2. The Morgan fingerprint density at radius 1 is 1.15 bits per heavy atom. The molecule has 5 nitrogen and oxygen atoms in total. The molecule has 0 aliphatic heterocycles. The van der Waals surface area contributed by atoms with Crippen LogP contribution in [0.4, 0.5) is 5.95 Å². The molecule has 106 valence electrons. The van der Waals surface area contributed by atoms with Crippen LogP contribution in [0.1, 0.15) is 31.7 Å². The van der Waals surface area contributed by atoms with Crippen LogP contribution >= 0.6 is 0 Å². The fourth-order valence-electron chi connectivity index (χ4n) is 1.74. The van der Waals surface area contributed by atoms with Crippen LogP contribution in [-0.4, -0.2) is 18.4 Å². The molecule has 2 rings (SSSR count). The molecule has 0 amide bonds. The van der Waals surface area contributed by atoms with E-state index in [0.717, 1.165) is 12.0 Å². The van der Waals surface area contributed by atoms with Crippen LogP contribution in [0.2, 0.25) is 0 Å². The van der Waals surface area contributed by atoms with Gasteiger partial charge in [-0.05, 0) is 36.1 Å². The standard InChI is InChI=1S/C14H17N3O2S/c1-3-11(2)12-5-7-13(8-6-12)20(18,19)17-14-15-9-4-10-16-14/h4-11H,3H2,1-2H3,(H,15,16,17)/t11-/m0/s1. The summed E-state index contributed by atoms with van der Waals surface area (Å²) in [7, 11) is -3.64. The lowest BCUT2D eigenvalue weighted by molar-refractivity contribution is 0.600. The zero-order valence-electron chi connectivity index (χ0n) is 11.4. The Bertz CT molecular complexity index is 655. The number of sulfonamides is 1. The van der Waals surface area contributed by atoms with Crippen molar-refractivity contribution >= 4 is 16.0 Å². The number of hydrogen-bond acceptors (Lipinski definition) is 4. The summed E-state index contributed by atoms with van der Waals surface area (Å²) in [4.78, 5) is 7.90. The van der Waals surface area contributed by atoms with Crippen molar-refractivity contribution in [3.63, 3.8) is 0 Å². The largest absolute Gasteiger partial charge is 0.264 e. The molecule has 1 heterocycles.